The minimum Gasteiger partial charge on any atom is -0.394 e. The van der Waals surface area contributed by atoms with E-state index in [-0.39, 0.29) is 18.7 Å². The second-order valence-electron chi connectivity index (χ2n) is 3.65. The van der Waals surface area contributed by atoms with E-state index < -0.39 is 0 Å². The normalized spacial score (nSPS) is 21.4. The lowest BCUT2D eigenvalue weighted by Gasteiger charge is -2.21. The SMILES string of the molecule is NC(C1CC1)C(CO)n1cccn1. The third-order valence-corrected chi connectivity index (χ3v) is 2.66. The fraction of sp³-hybridized carbons (Fsp3) is 0.667. The van der Waals surface area contributed by atoms with Crippen molar-refractivity contribution in [3.05, 3.63) is 18.5 Å². The predicted molar refractivity (Wildman–Crippen MR) is 49.0 cm³/mol. The Kier molecular flexibility index (Phi) is 2.33. The molecule has 1 fully saturated rings. The number of aliphatic hydroxyl groups is 1. The van der Waals surface area contributed by atoms with E-state index in [0.717, 1.165) is 0 Å². The van der Waals surface area contributed by atoms with Crippen molar-refractivity contribution in [2.75, 3.05) is 6.61 Å². The molecule has 0 saturated heterocycles. The molecule has 1 heterocycles. The number of rotatable bonds is 4. The van der Waals surface area contributed by atoms with Gasteiger partial charge < -0.3 is 10.8 Å². The molecule has 13 heavy (non-hydrogen) atoms. The molecule has 0 radical (unpaired) electrons. The van der Waals surface area contributed by atoms with E-state index in [1.807, 2.05) is 12.3 Å². The van der Waals surface area contributed by atoms with Crippen molar-refractivity contribution in [1.82, 2.24) is 9.78 Å². The van der Waals surface area contributed by atoms with Gasteiger partial charge in [0.1, 0.15) is 0 Å². The molecule has 1 saturated carbocycles. The molecule has 3 N–H and O–H groups in total. The molecule has 0 aliphatic heterocycles. The molecule has 0 aromatic carbocycles. The molecule has 4 nitrogen and oxygen atoms in total. The highest BCUT2D eigenvalue weighted by molar-refractivity contribution is 4.93. The Morgan fingerprint density at radius 3 is 2.85 bits per heavy atom. The molecule has 72 valence electrons. The summed E-state index contributed by atoms with van der Waals surface area (Å²) in [4.78, 5) is 0. The molecule has 1 aliphatic rings. The standard InChI is InChI=1S/C9H15N3O/c10-9(7-2-3-7)8(6-13)12-5-1-4-11-12/h1,4-5,7-9,13H,2-3,6,10H2. The summed E-state index contributed by atoms with van der Waals surface area (Å²) in [6.45, 7) is 0.0688. The van der Waals surface area contributed by atoms with Crippen molar-refractivity contribution in [1.29, 1.82) is 0 Å². The third-order valence-electron chi connectivity index (χ3n) is 2.66. The first-order valence-electron chi connectivity index (χ1n) is 4.68. The monoisotopic (exact) mass is 181 g/mol. The lowest BCUT2D eigenvalue weighted by atomic mass is 10.1. The molecule has 0 spiro atoms. The van der Waals surface area contributed by atoms with Crippen LogP contribution in [0.3, 0.4) is 0 Å². The van der Waals surface area contributed by atoms with E-state index in [1.165, 1.54) is 12.8 Å². The zero-order valence-electron chi connectivity index (χ0n) is 7.50. The van der Waals surface area contributed by atoms with Crippen molar-refractivity contribution < 1.29 is 5.11 Å². The molecular formula is C9H15N3O. The Hall–Kier alpha value is -0.870. The van der Waals surface area contributed by atoms with E-state index in [4.69, 9.17) is 5.73 Å². The summed E-state index contributed by atoms with van der Waals surface area (Å²) in [6.07, 6.45) is 5.95. The van der Waals surface area contributed by atoms with Gasteiger partial charge in [0.25, 0.3) is 0 Å². The van der Waals surface area contributed by atoms with Gasteiger partial charge in [-0.15, -0.1) is 0 Å². The maximum atomic E-state index is 9.20. The van der Waals surface area contributed by atoms with Crippen molar-refractivity contribution >= 4 is 0 Å². The van der Waals surface area contributed by atoms with Crippen LogP contribution in [0.1, 0.15) is 18.9 Å². The molecule has 0 bridgehead atoms. The first kappa shape index (κ1) is 8.72. The van der Waals surface area contributed by atoms with Gasteiger partial charge in [0.15, 0.2) is 0 Å². The van der Waals surface area contributed by atoms with Gasteiger partial charge in [-0.1, -0.05) is 0 Å². The van der Waals surface area contributed by atoms with Crippen LogP contribution in [0.15, 0.2) is 18.5 Å². The largest absolute Gasteiger partial charge is 0.394 e. The molecule has 4 heteroatoms. The van der Waals surface area contributed by atoms with E-state index in [9.17, 15) is 5.11 Å². The van der Waals surface area contributed by atoms with Gasteiger partial charge >= 0.3 is 0 Å². The number of aliphatic hydroxyl groups excluding tert-OH is 1. The number of hydrogen-bond donors (Lipinski definition) is 2. The molecule has 2 atom stereocenters. The number of nitrogens with zero attached hydrogens (tertiary/aromatic N) is 2. The smallest absolute Gasteiger partial charge is 0.0902 e. The molecule has 1 aliphatic carbocycles. The average Bonchev–Trinajstić information content (AvgIpc) is 2.86. The summed E-state index contributed by atoms with van der Waals surface area (Å²) in [7, 11) is 0. The summed E-state index contributed by atoms with van der Waals surface area (Å²) >= 11 is 0. The van der Waals surface area contributed by atoms with E-state index >= 15 is 0 Å². The minimum absolute atomic E-state index is 0.0462. The highest BCUT2D eigenvalue weighted by Gasteiger charge is 2.34. The highest BCUT2D eigenvalue weighted by Crippen LogP contribution is 2.35. The van der Waals surface area contributed by atoms with Gasteiger partial charge in [-0.3, -0.25) is 4.68 Å². The quantitative estimate of drug-likeness (QED) is 0.695. The van der Waals surface area contributed by atoms with Crippen LogP contribution in [0.25, 0.3) is 0 Å². The van der Waals surface area contributed by atoms with Crippen LogP contribution >= 0.6 is 0 Å². The van der Waals surface area contributed by atoms with Gasteiger partial charge in [0, 0.05) is 18.4 Å². The van der Waals surface area contributed by atoms with Crippen molar-refractivity contribution in [2.24, 2.45) is 11.7 Å². The van der Waals surface area contributed by atoms with Crippen molar-refractivity contribution in [3.63, 3.8) is 0 Å². The highest BCUT2D eigenvalue weighted by atomic mass is 16.3. The maximum Gasteiger partial charge on any atom is 0.0902 e. The molecule has 2 rings (SSSR count). The Balaban J connectivity index is 2.08. The summed E-state index contributed by atoms with van der Waals surface area (Å²) in [5, 5.41) is 13.3. The van der Waals surface area contributed by atoms with Crippen LogP contribution in [-0.2, 0) is 0 Å². The number of nitrogens with two attached hydrogens (primary N) is 1. The number of hydrogen-bond acceptors (Lipinski definition) is 3. The lowest BCUT2D eigenvalue weighted by molar-refractivity contribution is 0.188. The van der Waals surface area contributed by atoms with Gasteiger partial charge in [-0.2, -0.15) is 5.10 Å². The van der Waals surface area contributed by atoms with Gasteiger partial charge in [0.2, 0.25) is 0 Å². The van der Waals surface area contributed by atoms with E-state index in [1.54, 1.807) is 10.9 Å². The second-order valence-corrected chi connectivity index (χ2v) is 3.65. The number of aromatic nitrogens is 2. The zero-order valence-corrected chi connectivity index (χ0v) is 7.50. The predicted octanol–water partition coefficient (Wildman–Crippen LogP) is 0.154. The van der Waals surface area contributed by atoms with Crippen molar-refractivity contribution in [2.45, 2.75) is 24.9 Å². The first-order chi connectivity index (χ1) is 6.33. The Bertz CT molecular complexity index is 256. The summed E-state index contributed by atoms with van der Waals surface area (Å²) in [5.41, 5.74) is 6.00. The van der Waals surface area contributed by atoms with E-state index in [2.05, 4.69) is 5.10 Å². The van der Waals surface area contributed by atoms with Crippen LogP contribution in [0.4, 0.5) is 0 Å². The van der Waals surface area contributed by atoms with E-state index in [0.29, 0.717) is 5.92 Å². The second kappa shape index (κ2) is 3.47. The Labute approximate surface area is 77.4 Å². The fourth-order valence-corrected chi connectivity index (χ4v) is 1.65. The van der Waals surface area contributed by atoms with Crippen LogP contribution in [0.5, 0.6) is 0 Å². The van der Waals surface area contributed by atoms with Crippen LogP contribution < -0.4 is 5.73 Å². The molecule has 1 aromatic heterocycles. The molecular weight excluding hydrogens is 166 g/mol. The van der Waals surface area contributed by atoms with Crippen molar-refractivity contribution in [3.8, 4) is 0 Å². The van der Waals surface area contributed by atoms with Gasteiger partial charge in [-0.25, -0.2) is 0 Å². The van der Waals surface area contributed by atoms with Crippen LogP contribution in [-0.4, -0.2) is 27.5 Å². The fourth-order valence-electron chi connectivity index (χ4n) is 1.65. The van der Waals surface area contributed by atoms with Gasteiger partial charge in [-0.05, 0) is 24.8 Å². The zero-order chi connectivity index (χ0) is 9.26. The minimum atomic E-state index is -0.0532. The summed E-state index contributed by atoms with van der Waals surface area (Å²) < 4.78 is 1.75. The lowest BCUT2D eigenvalue weighted by Crippen LogP contribution is -2.36. The topological polar surface area (TPSA) is 64.1 Å². The summed E-state index contributed by atoms with van der Waals surface area (Å²) in [6, 6.07) is 1.84. The van der Waals surface area contributed by atoms with Gasteiger partial charge in [0.05, 0.1) is 12.6 Å². The van der Waals surface area contributed by atoms with Crippen LogP contribution in [0, 0.1) is 5.92 Å². The molecule has 1 aromatic rings. The third kappa shape index (κ3) is 1.73. The Morgan fingerprint density at radius 2 is 2.38 bits per heavy atom. The summed E-state index contributed by atoms with van der Waals surface area (Å²) in [5.74, 6) is 0.585. The Morgan fingerprint density at radius 1 is 1.62 bits per heavy atom. The first-order valence-corrected chi connectivity index (χ1v) is 4.68. The van der Waals surface area contributed by atoms with Crippen LogP contribution in [0.2, 0.25) is 0 Å². The molecule has 0 amide bonds. The maximum absolute atomic E-state index is 9.20. The molecule has 2 unspecified atom stereocenters. The average molecular weight is 181 g/mol.